The number of carbonyl (C=O) groups is 1. The summed E-state index contributed by atoms with van der Waals surface area (Å²) in [5.41, 5.74) is -0.371. The fraction of sp³-hybridized carbons (Fsp3) is 0.923. The van der Waals surface area contributed by atoms with Crippen LogP contribution in [0.2, 0.25) is 0 Å². The highest BCUT2D eigenvalue weighted by molar-refractivity contribution is 5.73. The van der Waals surface area contributed by atoms with E-state index in [9.17, 15) is 4.79 Å². The normalized spacial score (nSPS) is 19.3. The molecule has 1 aliphatic heterocycles. The summed E-state index contributed by atoms with van der Waals surface area (Å²) in [5.74, 6) is 0.0388. The molecule has 0 aromatic rings. The number of methoxy groups -OCH3 is 1. The predicted molar refractivity (Wildman–Crippen MR) is 66.9 cm³/mol. The number of likely N-dealkylation sites (tertiary alicyclic amines) is 1. The van der Waals surface area contributed by atoms with Crippen molar-refractivity contribution in [2.75, 3.05) is 33.4 Å². The lowest BCUT2D eigenvalue weighted by atomic mass is 9.96. The Kier molecular flexibility index (Phi) is 5.40. The number of rotatable bonds is 4. The van der Waals surface area contributed by atoms with E-state index in [1.165, 1.54) is 0 Å². The largest absolute Gasteiger partial charge is 0.460 e. The zero-order valence-corrected chi connectivity index (χ0v) is 11.5. The Labute approximate surface area is 104 Å². The molecular weight excluding hydrogens is 218 g/mol. The number of ether oxygens (including phenoxy) is 2. The Morgan fingerprint density at radius 2 is 1.88 bits per heavy atom. The van der Waals surface area contributed by atoms with Crippen LogP contribution < -0.4 is 0 Å². The number of piperidine rings is 1. The van der Waals surface area contributed by atoms with Crippen molar-refractivity contribution < 1.29 is 14.3 Å². The average molecular weight is 243 g/mol. The molecule has 0 aromatic carbocycles. The first-order chi connectivity index (χ1) is 7.92. The Bertz CT molecular complexity index is 240. The molecule has 0 unspecified atom stereocenters. The van der Waals surface area contributed by atoms with Gasteiger partial charge in [0.05, 0.1) is 12.5 Å². The van der Waals surface area contributed by atoms with Crippen molar-refractivity contribution in [3.63, 3.8) is 0 Å². The van der Waals surface area contributed by atoms with Crippen molar-refractivity contribution >= 4 is 5.97 Å². The summed E-state index contributed by atoms with van der Waals surface area (Å²) in [6, 6.07) is 0. The summed E-state index contributed by atoms with van der Waals surface area (Å²) < 4.78 is 10.5. The summed E-state index contributed by atoms with van der Waals surface area (Å²) in [6.45, 7) is 9.39. The maximum absolute atomic E-state index is 11.9. The monoisotopic (exact) mass is 243 g/mol. The van der Waals surface area contributed by atoms with Crippen LogP contribution in [0.25, 0.3) is 0 Å². The summed E-state index contributed by atoms with van der Waals surface area (Å²) in [4.78, 5) is 14.2. The molecule has 0 bridgehead atoms. The first kappa shape index (κ1) is 14.5. The lowest BCUT2D eigenvalue weighted by molar-refractivity contribution is -0.161. The van der Waals surface area contributed by atoms with Gasteiger partial charge in [0.15, 0.2) is 0 Å². The van der Waals surface area contributed by atoms with Gasteiger partial charge in [-0.2, -0.15) is 0 Å². The van der Waals surface area contributed by atoms with Crippen molar-refractivity contribution in [1.29, 1.82) is 0 Å². The number of nitrogens with zero attached hydrogens (tertiary/aromatic N) is 1. The molecule has 0 aromatic heterocycles. The molecule has 1 saturated heterocycles. The standard InChI is InChI=1S/C13H25NO3/c1-13(2,3)17-12(15)11-5-7-14(8-6-11)9-10-16-4/h11H,5-10H2,1-4H3. The maximum atomic E-state index is 11.9. The van der Waals surface area contributed by atoms with Gasteiger partial charge in [0.2, 0.25) is 0 Å². The van der Waals surface area contributed by atoms with Gasteiger partial charge in [0, 0.05) is 13.7 Å². The third kappa shape index (κ3) is 5.50. The van der Waals surface area contributed by atoms with Gasteiger partial charge in [0.1, 0.15) is 5.60 Å². The lowest BCUT2D eigenvalue weighted by Crippen LogP contribution is -2.40. The molecule has 4 heteroatoms. The molecule has 0 radical (unpaired) electrons. The van der Waals surface area contributed by atoms with E-state index < -0.39 is 0 Å². The molecule has 0 amide bonds. The molecule has 0 spiro atoms. The van der Waals surface area contributed by atoms with Crippen LogP contribution in [-0.2, 0) is 14.3 Å². The summed E-state index contributed by atoms with van der Waals surface area (Å²) in [6.07, 6.45) is 1.80. The molecule has 0 saturated carbocycles. The molecule has 1 rings (SSSR count). The Hall–Kier alpha value is -0.610. The van der Waals surface area contributed by atoms with Crippen LogP contribution >= 0.6 is 0 Å². The molecule has 1 aliphatic rings. The zero-order chi connectivity index (χ0) is 12.9. The van der Waals surface area contributed by atoms with E-state index in [-0.39, 0.29) is 17.5 Å². The molecule has 0 atom stereocenters. The molecule has 0 N–H and O–H groups in total. The quantitative estimate of drug-likeness (QED) is 0.704. The van der Waals surface area contributed by atoms with E-state index in [0.717, 1.165) is 39.1 Å². The molecule has 4 nitrogen and oxygen atoms in total. The van der Waals surface area contributed by atoms with Crippen molar-refractivity contribution in [3.05, 3.63) is 0 Å². The second kappa shape index (κ2) is 6.36. The number of hydrogen-bond acceptors (Lipinski definition) is 4. The lowest BCUT2D eigenvalue weighted by Gasteiger charge is -2.32. The number of esters is 1. The van der Waals surface area contributed by atoms with Gasteiger partial charge in [-0.15, -0.1) is 0 Å². The van der Waals surface area contributed by atoms with E-state index in [2.05, 4.69) is 4.90 Å². The van der Waals surface area contributed by atoms with Gasteiger partial charge in [-0.05, 0) is 46.7 Å². The topological polar surface area (TPSA) is 38.8 Å². The third-order valence-corrected chi connectivity index (χ3v) is 2.94. The highest BCUT2D eigenvalue weighted by Gasteiger charge is 2.28. The Morgan fingerprint density at radius 1 is 1.29 bits per heavy atom. The second-order valence-corrected chi connectivity index (χ2v) is 5.64. The fourth-order valence-electron chi connectivity index (χ4n) is 2.00. The minimum absolute atomic E-state index is 0.0381. The molecule has 100 valence electrons. The molecule has 17 heavy (non-hydrogen) atoms. The van der Waals surface area contributed by atoms with E-state index >= 15 is 0 Å². The van der Waals surface area contributed by atoms with Crippen molar-refractivity contribution in [2.24, 2.45) is 5.92 Å². The first-order valence-corrected chi connectivity index (χ1v) is 6.36. The minimum Gasteiger partial charge on any atom is -0.460 e. The van der Waals surface area contributed by atoms with Crippen LogP contribution in [0, 0.1) is 5.92 Å². The average Bonchev–Trinajstić information content (AvgIpc) is 2.24. The molecule has 1 fully saturated rings. The maximum Gasteiger partial charge on any atom is 0.309 e. The highest BCUT2D eigenvalue weighted by Crippen LogP contribution is 2.21. The second-order valence-electron chi connectivity index (χ2n) is 5.64. The van der Waals surface area contributed by atoms with Crippen LogP contribution in [0.3, 0.4) is 0 Å². The predicted octanol–water partition coefficient (Wildman–Crippen LogP) is 1.69. The molecule has 1 heterocycles. The van der Waals surface area contributed by atoms with Gasteiger partial charge in [-0.1, -0.05) is 0 Å². The SMILES string of the molecule is COCCN1CCC(C(=O)OC(C)(C)C)CC1. The van der Waals surface area contributed by atoms with Crippen LogP contribution in [0.1, 0.15) is 33.6 Å². The van der Waals surface area contributed by atoms with Crippen LogP contribution in [-0.4, -0.2) is 49.8 Å². The van der Waals surface area contributed by atoms with Crippen LogP contribution in [0.4, 0.5) is 0 Å². The Morgan fingerprint density at radius 3 is 2.35 bits per heavy atom. The number of hydrogen-bond donors (Lipinski definition) is 0. The van der Waals surface area contributed by atoms with Crippen molar-refractivity contribution in [3.8, 4) is 0 Å². The summed E-state index contributed by atoms with van der Waals surface area (Å²) in [5, 5.41) is 0. The van der Waals surface area contributed by atoms with E-state index in [1.54, 1.807) is 7.11 Å². The van der Waals surface area contributed by atoms with Crippen molar-refractivity contribution in [1.82, 2.24) is 4.90 Å². The van der Waals surface area contributed by atoms with Gasteiger partial charge in [-0.3, -0.25) is 4.79 Å². The van der Waals surface area contributed by atoms with Gasteiger partial charge in [0.25, 0.3) is 0 Å². The van der Waals surface area contributed by atoms with E-state index in [1.807, 2.05) is 20.8 Å². The molecule has 0 aliphatic carbocycles. The highest BCUT2D eigenvalue weighted by atomic mass is 16.6. The van der Waals surface area contributed by atoms with Crippen LogP contribution in [0.5, 0.6) is 0 Å². The zero-order valence-electron chi connectivity index (χ0n) is 11.5. The smallest absolute Gasteiger partial charge is 0.309 e. The van der Waals surface area contributed by atoms with Gasteiger partial charge in [-0.25, -0.2) is 0 Å². The third-order valence-electron chi connectivity index (χ3n) is 2.94. The number of carbonyl (C=O) groups excluding carboxylic acids is 1. The van der Waals surface area contributed by atoms with Crippen LogP contribution in [0.15, 0.2) is 0 Å². The van der Waals surface area contributed by atoms with Gasteiger partial charge >= 0.3 is 5.97 Å². The van der Waals surface area contributed by atoms with Crippen molar-refractivity contribution in [2.45, 2.75) is 39.2 Å². The first-order valence-electron chi connectivity index (χ1n) is 6.36. The summed E-state index contributed by atoms with van der Waals surface area (Å²) in [7, 11) is 1.72. The minimum atomic E-state index is -0.371. The molecular formula is C13H25NO3. The fourth-order valence-corrected chi connectivity index (χ4v) is 2.00. The summed E-state index contributed by atoms with van der Waals surface area (Å²) >= 11 is 0. The van der Waals surface area contributed by atoms with Gasteiger partial charge < -0.3 is 14.4 Å². The van der Waals surface area contributed by atoms with E-state index in [4.69, 9.17) is 9.47 Å². The van der Waals surface area contributed by atoms with E-state index in [0.29, 0.717) is 0 Å². The Balaban J connectivity index is 2.29.